The van der Waals surface area contributed by atoms with Crippen LogP contribution in [0.15, 0.2) is 0 Å². The van der Waals surface area contributed by atoms with E-state index in [1.54, 1.807) is 4.68 Å². The van der Waals surface area contributed by atoms with Gasteiger partial charge >= 0.3 is 0 Å². The molecular weight excluding hydrogens is 216 g/mol. The predicted octanol–water partition coefficient (Wildman–Crippen LogP) is 1.12. The monoisotopic (exact) mass is 236 g/mol. The topological polar surface area (TPSA) is 59.0 Å². The predicted molar refractivity (Wildman–Crippen MR) is 67.0 cm³/mol. The minimum absolute atomic E-state index is 0.0728. The number of rotatable bonds is 3. The van der Waals surface area contributed by atoms with E-state index in [1.807, 2.05) is 20.9 Å². The second-order valence-electron chi connectivity index (χ2n) is 4.72. The highest BCUT2D eigenvalue weighted by Gasteiger charge is 2.19. The third kappa shape index (κ3) is 2.66. The van der Waals surface area contributed by atoms with Crippen molar-refractivity contribution in [1.29, 1.82) is 0 Å². The van der Waals surface area contributed by atoms with E-state index >= 15 is 0 Å². The molecule has 0 aromatic carbocycles. The first-order valence-corrected chi connectivity index (χ1v) is 6.11. The first-order valence-electron chi connectivity index (χ1n) is 6.11. The van der Waals surface area contributed by atoms with Gasteiger partial charge in [0.1, 0.15) is 0 Å². The van der Waals surface area contributed by atoms with Gasteiger partial charge in [0.25, 0.3) is 0 Å². The van der Waals surface area contributed by atoms with Crippen molar-refractivity contribution in [3.63, 3.8) is 0 Å². The zero-order chi connectivity index (χ0) is 12.4. The number of carbonyl (C=O) groups excluding carboxylic acids is 1. The molecule has 1 atom stereocenters. The van der Waals surface area contributed by atoms with Gasteiger partial charge in [0.05, 0.1) is 17.1 Å². The Kier molecular flexibility index (Phi) is 3.47. The lowest BCUT2D eigenvalue weighted by molar-refractivity contribution is -0.116. The number of hydrogen-bond donors (Lipinski definition) is 2. The van der Waals surface area contributed by atoms with Gasteiger partial charge in [-0.15, -0.1) is 0 Å². The summed E-state index contributed by atoms with van der Waals surface area (Å²) in [6, 6.07) is 0.340. The third-order valence-corrected chi connectivity index (χ3v) is 3.37. The molecule has 0 radical (unpaired) electrons. The van der Waals surface area contributed by atoms with E-state index in [0.717, 1.165) is 30.0 Å². The molecule has 0 aliphatic carbocycles. The number of nitrogens with zero attached hydrogens (tertiary/aromatic N) is 2. The molecule has 5 heteroatoms. The van der Waals surface area contributed by atoms with Gasteiger partial charge in [-0.2, -0.15) is 5.10 Å². The molecule has 5 nitrogen and oxygen atoms in total. The second-order valence-corrected chi connectivity index (χ2v) is 4.72. The Labute approximate surface area is 102 Å². The van der Waals surface area contributed by atoms with Gasteiger partial charge in [-0.3, -0.25) is 9.48 Å². The van der Waals surface area contributed by atoms with Crippen molar-refractivity contribution in [3.05, 3.63) is 11.4 Å². The summed E-state index contributed by atoms with van der Waals surface area (Å²) in [4.78, 5) is 11.9. The van der Waals surface area contributed by atoms with Gasteiger partial charge in [-0.25, -0.2) is 0 Å². The first kappa shape index (κ1) is 12.1. The van der Waals surface area contributed by atoms with Crippen LogP contribution < -0.4 is 10.6 Å². The zero-order valence-electron chi connectivity index (χ0n) is 10.7. The molecular formula is C12H20N4O. The molecule has 2 rings (SSSR count). The average molecular weight is 236 g/mol. The molecule has 0 spiro atoms. The van der Waals surface area contributed by atoms with Crippen molar-refractivity contribution in [2.24, 2.45) is 7.05 Å². The summed E-state index contributed by atoms with van der Waals surface area (Å²) in [6.45, 7) is 4.91. The molecule has 1 amide bonds. The lowest BCUT2D eigenvalue weighted by Gasteiger charge is -2.10. The molecule has 1 fully saturated rings. The Hall–Kier alpha value is -1.36. The van der Waals surface area contributed by atoms with Crippen LogP contribution in [-0.2, 0) is 11.8 Å². The Balaban J connectivity index is 1.97. The molecule has 1 saturated heterocycles. The van der Waals surface area contributed by atoms with Gasteiger partial charge in [0.15, 0.2) is 0 Å². The minimum Gasteiger partial charge on any atom is -0.323 e. The lowest BCUT2D eigenvalue weighted by Crippen LogP contribution is -2.27. The molecule has 2 heterocycles. The normalized spacial score (nSPS) is 19.6. The van der Waals surface area contributed by atoms with Crippen LogP contribution in [-0.4, -0.2) is 28.3 Å². The van der Waals surface area contributed by atoms with E-state index in [0.29, 0.717) is 12.5 Å². The molecule has 17 heavy (non-hydrogen) atoms. The smallest absolute Gasteiger partial charge is 0.226 e. The van der Waals surface area contributed by atoms with Gasteiger partial charge < -0.3 is 10.6 Å². The molecule has 1 aliphatic rings. The Morgan fingerprint density at radius 2 is 2.35 bits per heavy atom. The summed E-state index contributed by atoms with van der Waals surface area (Å²) in [5, 5.41) is 10.6. The Morgan fingerprint density at radius 1 is 1.59 bits per heavy atom. The summed E-state index contributed by atoms with van der Waals surface area (Å²) in [5.41, 5.74) is 2.73. The molecule has 1 aromatic heterocycles. The summed E-state index contributed by atoms with van der Waals surface area (Å²) < 4.78 is 1.79. The molecule has 2 N–H and O–H groups in total. The number of aromatic nitrogens is 2. The number of hydrogen-bond acceptors (Lipinski definition) is 3. The van der Waals surface area contributed by atoms with Gasteiger partial charge in [-0.05, 0) is 33.2 Å². The standard InChI is InChI=1S/C12H20N4O/c1-8-12(9(2)16(3)15-8)14-11(17)7-10-5-4-6-13-10/h10,13H,4-7H2,1-3H3,(H,14,17). The number of amides is 1. The van der Waals surface area contributed by atoms with Gasteiger partial charge in [-0.1, -0.05) is 0 Å². The van der Waals surface area contributed by atoms with E-state index < -0.39 is 0 Å². The minimum atomic E-state index is 0.0728. The van der Waals surface area contributed by atoms with E-state index in [-0.39, 0.29) is 5.91 Å². The second kappa shape index (κ2) is 4.87. The number of aryl methyl sites for hydroxylation is 2. The van der Waals surface area contributed by atoms with Crippen LogP contribution in [0.25, 0.3) is 0 Å². The van der Waals surface area contributed by atoms with Crippen LogP contribution in [0, 0.1) is 13.8 Å². The molecule has 1 aromatic rings. The summed E-state index contributed by atoms with van der Waals surface area (Å²) in [5.74, 6) is 0.0728. The third-order valence-electron chi connectivity index (χ3n) is 3.37. The van der Waals surface area contributed by atoms with E-state index in [2.05, 4.69) is 15.7 Å². The van der Waals surface area contributed by atoms with Gasteiger partial charge in [0, 0.05) is 19.5 Å². The van der Waals surface area contributed by atoms with Crippen molar-refractivity contribution >= 4 is 11.6 Å². The molecule has 1 unspecified atom stereocenters. The summed E-state index contributed by atoms with van der Waals surface area (Å²) >= 11 is 0. The fourth-order valence-corrected chi connectivity index (χ4v) is 2.30. The SMILES string of the molecule is Cc1nn(C)c(C)c1NC(=O)CC1CCCN1. The van der Waals surface area contributed by atoms with Crippen LogP contribution in [0.4, 0.5) is 5.69 Å². The molecule has 0 bridgehead atoms. The highest BCUT2D eigenvalue weighted by Crippen LogP contribution is 2.19. The van der Waals surface area contributed by atoms with Crippen LogP contribution in [0.3, 0.4) is 0 Å². The number of nitrogens with one attached hydrogen (secondary N) is 2. The highest BCUT2D eigenvalue weighted by molar-refractivity contribution is 5.92. The molecule has 0 saturated carbocycles. The van der Waals surface area contributed by atoms with Crippen molar-refractivity contribution in [2.75, 3.05) is 11.9 Å². The van der Waals surface area contributed by atoms with Crippen LogP contribution in [0.2, 0.25) is 0 Å². The van der Waals surface area contributed by atoms with Gasteiger partial charge in [0.2, 0.25) is 5.91 Å². The fraction of sp³-hybridized carbons (Fsp3) is 0.667. The Morgan fingerprint density at radius 3 is 2.88 bits per heavy atom. The molecule has 94 valence electrons. The van der Waals surface area contributed by atoms with E-state index in [4.69, 9.17) is 0 Å². The fourth-order valence-electron chi connectivity index (χ4n) is 2.30. The average Bonchev–Trinajstić information content (AvgIpc) is 2.83. The Bertz CT molecular complexity index is 418. The quantitative estimate of drug-likeness (QED) is 0.826. The largest absolute Gasteiger partial charge is 0.323 e. The zero-order valence-corrected chi connectivity index (χ0v) is 10.7. The van der Waals surface area contributed by atoms with E-state index in [1.165, 1.54) is 6.42 Å². The lowest BCUT2D eigenvalue weighted by atomic mass is 10.1. The number of anilines is 1. The van der Waals surface area contributed by atoms with Crippen LogP contribution in [0.5, 0.6) is 0 Å². The van der Waals surface area contributed by atoms with Crippen molar-refractivity contribution in [3.8, 4) is 0 Å². The highest BCUT2D eigenvalue weighted by atomic mass is 16.1. The first-order chi connectivity index (χ1) is 8.08. The van der Waals surface area contributed by atoms with Crippen LogP contribution in [0.1, 0.15) is 30.7 Å². The van der Waals surface area contributed by atoms with Crippen molar-refractivity contribution in [2.45, 2.75) is 39.2 Å². The summed E-state index contributed by atoms with van der Waals surface area (Å²) in [7, 11) is 1.89. The maximum absolute atomic E-state index is 11.9. The van der Waals surface area contributed by atoms with Crippen LogP contribution >= 0.6 is 0 Å². The van der Waals surface area contributed by atoms with Crippen molar-refractivity contribution < 1.29 is 4.79 Å². The maximum atomic E-state index is 11.9. The van der Waals surface area contributed by atoms with E-state index in [9.17, 15) is 4.79 Å². The number of carbonyl (C=O) groups is 1. The maximum Gasteiger partial charge on any atom is 0.226 e. The van der Waals surface area contributed by atoms with Crippen molar-refractivity contribution in [1.82, 2.24) is 15.1 Å². The summed E-state index contributed by atoms with van der Waals surface area (Å²) in [6.07, 6.45) is 2.81. The molecule has 1 aliphatic heterocycles.